The summed E-state index contributed by atoms with van der Waals surface area (Å²) in [7, 11) is 0. The highest BCUT2D eigenvalue weighted by atomic mass is 15.2. The van der Waals surface area contributed by atoms with E-state index >= 15 is 0 Å². The zero-order valence-corrected chi connectivity index (χ0v) is 12.2. The molecule has 2 nitrogen and oxygen atoms in total. The third kappa shape index (κ3) is 4.44. The standard InChI is InChI=1S/C15H30N2/c1-6-7-8-9-17-11-14(12(2)3)16-10-15(17)13(4)5/h6-7,12-16H,8-11H2,1-5H3/b7-6+. The highest BCUT2D eigenvalue weighted by molar-refractivity contribution is 4.90. The van der Waals surface area contributed by atoms with E-state index in [-0.39, 0.29) is 0 Å². The monoisotopic (exact) mass is 238 g/mol. The molecule has 1 saturated heterocycles. The van der Waals surface area contributed by atoms with E-state index in [2.05, 4.69) is 57.0 Å². The Balaban J connectivity index is 2.56. The Kier molecular flexibility index (Phi) is 6.21. The van der Waals surface area contributed by atoms with Gasteiger partial charge in [0.05, 0.1) is 0 Å². The maximum absolute atomic E-state index is 3.71. The number of piperazine rings is 1. The second kappa shape index (κ2) is 7.17. The molecule has 1 N–H and O–H groups in total. The number of hydrogen-bond acceptors (Lipinski definition) is 2. The minimum Gasteiger partial charge on any atom is -0.311 e. The molecule has 0 aromatic rings. The summed E-state index contributed by atoms with van der Waals surface area (Å²) in [4.78, 5) is 2.69. The van der Waals surface area contributed by atoms with E-state index in [0.29, 0.717) is 12.1 Å². The van der Waals surface area contributed by atoms with Crippen molar-refractivity contribution in [3.8, 4) is 0 Å². The molecule has 0 aromatic heterocycles. The molecule has 1 heterocycles. The van der Waals surface area contributed by atoms with E-state index in [1.165, 1.54) is 19.5 Å². The van der Waals surface area contributed by atoms with Gasteiger partial charge in [0.2, 0.25) is 0 Å². The molecule has 0 spiro atoms. The minimum atomic E-state index is 0.663. The van der Waals surface area contributed by atoms with Crippen LogP contribution < -0.4 is 5.32 Å². The molecule has 1 aliphatic heterocycles. The fourth-order valence-electron chi connectivity index (χ4n) is 2.62. The van der Waals surface area contributed by atoms with Crippen LogP contribution in [-0.4, -0.2) is 36.6 Å². The molecule has 0 aliphatic carbocycles. The number of allylic oxidation sites excluding steroid dienone is 1. The minimum absolute atomic E-state index is 0.663. The van der Waals surface area contributed by atoms with Crippen molar-refractivity contribution in [3.05, 3.63) is 12.2 Å². The normalized spacial score (nSPS) is 27.5. The van der Waals surface area contributed by atoms with Gasteiger partial charge in [0.15, 0.2) is 0 Å². The maximum atomic E-state index is 3.71. The first kappa shape index (κ1) is 14.7. The molecule has 1 fully saturated rings. The van der Waals surface area contributed by atoms with E-state index in [0.717, 1.165) is 18.4 Å². The summed E-state index contributed by atoms with van der Waals surface area (Å²) < 4.78 is 0. The van der Waals surface area contributed by atoms with E-state index in [9.17, 15) is 0 Å². The Labute approximate surface area is 107 Å². The maximum Gasteiger partial charge on any atom is 0.0244 e. The van der Waals surface area contributed by atoms with Crippen LogP contribution in [0.5, 0.6) is 0 Å². The molecule has 2 unspecified atom stereocenters. The third-order valence-corrected chi connectivity index (χ3v) is 3.88. The molecule has 0 saturated carbocycles. The van der Waals surface area contributed by atoms with E-state index in [4.69, 9.17) is 0 Å². The van der Waals surface area contributed by atoms with Crippen LogP contribution in [-0.2, 0) is 0 Å². The molecule has 0 radical (unpaired) electrons. The Morgan fingerprint density at radius 2 is 1.94 bits per heavy atom. The van der Waals surface area contributed by atoms with Crippen molar-refractivity contribution < 1.29 is 0 Å². The fourth-order valence-corrected chi connectivity index (χ4v) is 2.62. The lowest BCUT2D eigenvalue weighted by Crippen LogP contribution is -2.59. The summed E-state index contributed by atoms with van der Waals surface area (Å²) in [5.74, 6) is 1.47. The van der Waals surface area contributed by atoms with Crippen molar-refractivity contribution in [2.45, 2.75) is 53.1 Å². The number of nitrogens with one attached hydrogen (secondary N) is 1. The van der Waals surface area contributed by atoms with Gasteiger partial charge in [0.25, 0.3) is 0 Å². The molecule has 2 atom stereocenters. The molecule has 0 bridgehead atoms. The quantitative estimate of drug-likeness (QED) is 0.741. The highest BCUT2D eigenvalue weighted by Gasteiger charge is 2.30. The Morgan fingerprint density at radius 3 is 2.47 bits per heavy atom. The predicted molar refractivity (Wildman–Crippen MR) is 76.3 cm³/mol. The van der Waals surface area contributed by atoms with Crippen molar-refractivity contribution in [2.24, 2.45) is 11.8 Å². The van der Waals surface area contributed by atoms with Crippen LogP contribution in [0.1, 0.15) is 41.0 Å². The second-order valence-corrected chi connectivity index (χ2v) is 5.92. The SMILES string of the molecule is C/C=C/CCN1CC(C(C)C)NCC1C(C)C. The molecule has 2 heteroatoms. The second-order valence-electron chi connectivity index (χ2n) is 5.92. The number of rotatable bonds is 5. The topological polar surface area (TPSA) is 15.3 Å². The van der Waals surface area contributed by atoms with Crippen molar-refractivity contribution in [3.63, 3.8) is 0 Å². The Bertz CT molecular complexity index is 233. The molecule has 1 aliphatic rings. The van der Waals surface area contributed by atoms with Crippen molar-refractivity contribution in [2.75, 3.05) is 19.6 Å². The molecule has 0 amide bonds. The van der Waals surface area contributed by atoms with Gasteiger partial charge in [-0.05, 0) is 25.2 Å². The van der Waals surface area contributed by atoms with Crippen LogP contribution >= 0.6 is 0 Å². The molecule has 100 valence electrons. The molecule has 1 rings (SSSR count). The van der Waals surface area contributed by atoms with Gasteiger partial charge in [-0.2, -0.15) is 0 Å². The van der Waals surface area contributed by atoms with Crippen molar-refractivity contribution in [1.82, 2.24) is 10.2 Å². The lowest BCUT2D eigenvalue weighted by Gasteiger charge is -2.43. The first-order valence-corrected chi connectivity index (χ1v) is 7.14. The van der Waals surface area contributed by atoms with Crippen LogP contribution in [0.4, 0.5) is 0 Å². The van der Waals surface area contributed by atoms with Gasteiger partial charge in [-0.15, -0.1) is 0 Å². The molecule has 0 aromatic carbocycles. The van der Waals surface area contributed by atoms with Crippen LogP contribution in [0.15, 0.2) is 12.2 Å². The lowest BCUT2D eigenvalue weighted by molar-refractivity contribution is 0.0870. The number of hydrogen-bond donors (Lipinski definition) is 1. The van der Waals surface area contributed by atoms with Crippen LogP contribution in [0, 0.1) is 11.8 Å². The summed E-state index contributed by atoms with van der Waals surface area (Å²) in [5, 5.41) is 3.71. The van der Waals surface area contributed by atoms with E-state index in [1.807, 2.05) is 0 Å². The fraction of sp³-hybridized carbons (Fsp3) is 0.867. The average molecular weight is 238 g/mol. The first-order valence-electron chi connectivity index (χ1n) is 7.14. The van der Waals surface area contributed by atoms with Gasteiger partial charge in [-0.3, -0.25) is 4.90 Å². The van der Waals surface area contributed by atoms with Gasteiger partial charge >= 0.3 is 0 Å². The lowest BCUT2D eigenvalue weighted by atomic mass is 9.94. The van der Waals surface area contributed by atoms with Gasteiger partial charge in [0.1, 0.15) is 0 Å². The third-order valence-electron chi connectivity index (χ3n) is 3.88. The van der Waals surface area contributed by atoms with Gasteiger partial charge in [-0.1, -0.05) is 39.8 Å². The predicted octanol–water partition coefficient (Wildman–Crippen LogP) is 2.91. The van der Waals surface area contributed by atoms with Crippen LogP contribution in [0.25, 0.3) is 0 Å². The molecule has 17 heavy (non-hydrogen) atoms. The van der Waals surface area contributed by atoms with Gasteiger partial charge in [-0.25, -0.2) is 0 Å². The van der Waals surface area contributed by atoms with Gasteiger partial charge in [0, 0.05) is 31.7 Å². The highest BCUT2D eigenvalue weighted by Crippen LogP contribution is 2.18. The summed E-state index contributed by atoms with van der Waals surface area (Å²) in [6.07, 6.45) is 5.63. The summed E-state index contributed by atoms with van der Waals surface area (Å²) in [5.41, 5.74) is 0. The number of nitrogens with zero attached hydrogens (tertiary/aromatic N) is 1. The van der Waals surface area contributed by atoms with Gasteiger partial charge < -0.3 is 5.32 Å². The largest absolute Gasteiger partial charge is 0.311 e. The van der Waals surface area contributed by atoms with Crippen molar-refractivity contribution >= 4 is 0 Å². The summed E-state index contributed by atoms with van der Waals surface area (Å²) >= 11 is 0. The first-order chi connectivity index (χ1) is 8.06. The van der Waals surface area contributed by atoms with Crippen LogP contribution in [0.2, 0.25) is 0 Å². The zero-order chi connectivity index (χ0) is 12.8. The average Bonchev–Trinajstić information content (AvgIpc) is 2.28. The van der Waals surface area contributed by atoms with E-state index in [1.54, 1.807) is 0 Å². The summed E-state index contributed by atoms with van der Waals surface area (Å²) in [6.45, 7) is 15.0. The Hall–Kier alpha value is -0.340. The van der Waals surface area contributed by atoms with Crippen molar-refractivity contribution in [1.29, 1.82) is 0 Å². The van der Waals surface area contributed by atoms with Crippen LogP contribution in [0.3, 0.4) is 0 Å². The Morgan fingerprint density at radius 1 is 1.24 bits per heavy atom. The smallest absolute Gasteiger partial charge is 0.0244 e. The molecular formula is C15H30N2. The van der Waals surface area contributed by atoms with E-state index < -0.39 is 0 Å². The summed E-state index contributed by atoms with van der Waals surface area (Å²) in [6, 6.07) is 1.37. The molecular weight excluding hydrogens is 208 g/mol. The zero-order valence-electron chi connectivity index (χ0n) is 12.2.